The van der Waals surface area contributed by atoms with E-state index in [9.17, 15) is 9.90 Å². The maximum atomic E-state index is 12.9. The number of piperidine rings is 2. The van der Waals surface area contributed by atoms with Gasteiger partial charge in [-0.05, 0) is 68.9 Å². The molecule has 0 radical (unpaired) electrons. The van der Waals surface area contributed by atoms with E-state index in [1.807, 2.05) is 6.07 Å². The topological polar surface area (TPSA) is 135 Å². The third-order valence-electron chi connectivity index (χ3n) is 7.07. The van der Waals surface area contributed by atoms with Gasteiger partial charge in [-0.1, -0.05) is 0 Å². The Morgan fingerprint density at radius 1 is 0.816 bits per heavy atom. The summed E-state index contributed by atoms with van der Waals surface area (Å²) in [6, 6.07) is 10.2. The van der Waals surface area contributed by atoms with Gasteiger partial charge >= 0.3 is 0 Å². The lowest BCUT2D eigenvalue weighted by molar-refractivity contribution is 0.102. The maximum absolute atomic E-state index is 12.9. The molecule has 2 aromatic heterocycles. The number of fused-ring (bicyclic) bond motifs is 1. The first-order chi connectivity index (χ1) is 18.6. The summed E-state index contributed by atoms with van der Waals surface area (Å²) in [4.78, 5) is 38.8. The van der Waals surface area contributed by atoms with Gasteiger partial charge in [-0.15, -0.1) is 0 Å². The van der Waals surface area contributed by atoms with Crippen LogP contribution in [-0.2, 0) is 0 Å². The lowest BCUT2D eigenvalue weighted by atomic mass is 10.1. The number of anilines is 5. The largest absolute Gasteiger partial charge is 0.507 e. The summed E-state index contributed by atoms with van der Waals surface area (Å²) in [6.07, 6.45) is 8.55. The molecule has 4 N–H and O–H groups in total. The molecule has 1 amide bonds. The lowest BCUT2D eigenvalue weighted by Crippen LogP contribution is -2.34. The number of nitrogens with one attached hydrogen (secondary N) is 3. The molecule has 11 heteroatoms. The molecule has 6 rings (SSSR count). The van der Waals surface area contributed by atoms with Gasteiger partial charge in [0.1, 0.15) is 5.75 Å². The highest BCUT2D eigenvalue weighted by atomic mass is 16.3. The van der Waals surface area contributed by atoms with Gasteiger partial charge in [0, 0.05) is 43.6 Å². The predicted molar refractivity (Wildman–Crippen MR) is 147 cm³/mol. The van der Waals surface area contributed by atoms with Crippen molar-refractivity contribution < 1.29 is 9.90 Å². The highest BCUT2D eigenvalue weighted by Gasteiger charge is 2.21. The zero-order chi connectivity index (χ0) is 25.9. The lowest BCUT2D eigenvalue weighted by Gasteiger charge is -2.30. The van der Waals surface area contributed by atoms with Gasteiger partial charge in [0.05, 0.1) is 22.9 Å². The molecule has 2 aliphatic rings. The molecule has 4 heterocycles. The van der Waals surface area contributed by atoms with Gasteiger partial charge in [0.15, 0.2) is 0 Å². The smallest absolute Gasteiger partial charge is 0.259 e. The van der Waals surface area contributed by atoms with Crippen molar-refractivity contribution in [1.29, 1.82) is 0 Å². The summed E-state index contributed by atoms with van der Waals surface area (Å²) in [5, 5.41) is 16.7. The van der Waals surface area contributed by atoms with E-state index >= 15 is 0 Å². The van der Waals surface area contributed by atoms with Crippen LogP contribution in [0.4, 0.5) is 29.2 Å². The van der Waals surface area contributed by atoms with E-state index in [0.717, 1.165) is 62.9 Å². The van der Waals surface area contributed by atoms with Gasteiger partial charge in [-0.3, -0.25) is 4.79 Å². The summed E-state index contributed by atoms with van der Waals surface area (Å²) < 4.78 is 0. The molecular formula is C27H31N9O2. The number of H-pyrrole nitrogens is 1. The van der Waals surface area contributed by atoms with E-state index in [1.54, 1.807) is 30.6 Å². The molecule has 0 unspecified atom stereocenters. The molecule has 0 bridgehead atoms. The number of nitrogens with zero attached hydrogens (tertiary/aromatic N) is 6. The second kappa shape index (κ2) is 10.5. The molecule has 38 heavy (non-hydrogen) atoms. The van der Waals surface area contributed by atoms with Crippen LogP contribution in [0.3, 0.4) is 0 Å². The molecule has 0 aliphatic carbocycles. The average Bonchev–Trinajstić information content (AvgIpc) is 3.42. The summed E-state index contributed by atoms with van der Waals surface area (Å²) in [5.74, 6) is 1.22. The molecule has 0 saturated carbocycles. The molecule has 0 atom stereocenters. The Morgan fingerprint density at radius 3 is 2.13 bits per heavy atom. The molecule has 0 spiro atoms. The summed E-state index contributed by atoms with van der Waals surface area (Å²) in [5.41, 5.74) is 2.97. The number of hydrogen-bond donors (Lipinski definition) is 4. The Balaban J connectivity index is 1.22. The third-order valence-corrected chi connectivity index (χ3v) is 7.07. The Hall–Kier alpha value is -4.41. The zero-order valence-corrected chi connectivity index (χ0v) is 21.2. The predicted octanol–water partition coefficient (Wildman–Crippen LogP) is 4.43. The minimum atomic E-state index is -0.413. The van der Waals surface area contributed by atoms with Crippen LogP contribution in [-0.4, -0.2) is 62.1 Å². The first-order valence-electron chi connectivity index (χ1n) is 13.2. The van der Waals surface area contributed by atoms with Crippen LogP contribution in [0.1, 0.15) is 48.9 Å². The molecule has 11 nitrogen and oxygen atoms in total. The first kappa shape index (κ1) is 24.0. The number of benzene rings is 2. The molecule has 2 aromatic carbocycles. The van der Waals surface area contributed by atoms with Gasteiger partial charge in [-0.2, -0.15) is 15.0 Å². The van der Waals surface area contributed by atoms with Crippen molar-refractivity contribution in [2.45, 2.75) is 38.5 Å². The van der Waals surface area contributed by atoms with Crippen molar-refractivity contribution in [3.8, 4) is 5.75 Å². The summed E-state index contributed by atoms with van der Waals surface area (Å²) in [7, 11) is 0. The number of carbonyl (C=O) groups is 1. The average molecular weight is 514 g/mol. The molecule has 2 aliphatic heterocycles. The number of carbonyl (C=O) groups excluding carboxylic acids is 1. The van der Waals surface area contributed by atoms with Crippen molar-refractivity contribution in [2.24, 2.45) is 0 Å². The fraction of sp³-hybridized carbons (Fsp3) is 0.370. The fourth-order valence-electron chi connectivity index (χ4n) is 5.02. The number of amides is 1. The zero-order valence-electron chi connectivity index (χ0n) is 21.2. The number of phenols is 1. The number of aromatic hydroxyl groups is 1. The maximum Gasteiger partial charge on any atom is 0.259 e. The second-order valence-corrected chi connectivity index (χ2v) is 9.80. The van der Waals surface area contributed by atoms with Crippen LogP contribution in [0.2, 0.25) is 0 Å². The van der Waals surface area contributed by atoms with Crippen molar-refractivity contribution in [1.82, 2.24) is 24.9 Å². The van der Waals surface area contributed by atoms with E-state index in [1.165, 1.54) is 18.9 Å². The normalized spacial score (nSPS) is 16.0. The minimum Gasteiger partial charge on any atom is -0.507 e. The molecule has 2 fully saturated rings. The SMILES string of the molecule is O=C(Nc1ccc2[nH]cnc2c1)c1ccc(Nc2nc(N3CCCCC3)nc(N3CCCCC3)n2)cc1O. The van der Waals surface area contributed by atoms with Crippen molar-refractivity contribution in [3.63, 3.8) is 0 Å². The monoisotopic (exact) mass is 513 g/mol. The van der Waals surface area contributed by atoms with E-state index in [0.29, 0.717) is 29.2 Å². The van der Waals surface area contributed by atoms with Gasteiger partial charge < -0.3 is 30.5 Å². The van der Waals surface area contributed by atoms with Crippen LogP contribution in [0.25, 0.3) is 11.0 Å². The number of hydrogen-bond acceptors (Lipinski definition) is 9. The summed E-state index contributed by atoms with van der Waals surface area (Å²) >= 11 is 0. The number of rotatable bonds is 6. The molecule has 4 aromatic rings. The van der Waals surface area contributed by atoms with Crippen molar-refractivity contribution in [3.05, 3.63) is 48.3 Å². The Labute approximate surface area is 220 Å². The standard InChI is InChI=1S/C27H31N9O2/c37-23-16-19(7-9-20(23)24(38)30-18-8-10-21-22(15-18)29-17-28-21)31-25-32-26(35-11-3-1-4-12-35)34-27(33-25)36-13-5-2-6-14-36/h7-10,15-17,37H,1-6,11-14H2,(H,28,29)(H,30,38)(H,31,32,33,34). The molecule has 196 valence electrons. The van der Waals surface area contributed by atoms with Gasteiger partial charge in [0.2, 0.25) is 17.8 Å². The Kier molecular flexibility index (Phi) is 6.63. The number of aromatic amines is 1. The van der Waals surface area contributed by atoms with Crippen LogP contribution >= 0.6 is 0 Å². The van der Waals surface area contributed by atoms with Crippen molar-refractivity contribution >= 4 is 46.2 Å². The van der Waals surface area contributed by atoms with E-state index in [4.69, 9.17) is 15.0 Å². The van der Waals surface area contributed by atoms with Crippen molar-refractivity contribution in [2.75, 3.05) is 46.6 Å². The quantitative estimate of drug-likeness (QED) is 0.295. The van der Waals surface area contributed by atoms with Crippen LogP contribution in [0, 0.1) is 0 Å². The van der Waals surface area contributed by atoms with Gasteiger partial charge in [0.25, 0.3) is 5.91 Å². The summed E-state index contributed by atoms with van der Waals surface area (Å²) in [6.45, 7) is 3.72. The van der Waals surface area contributed by atoms with E-state index in [2.05, 4.69) is 30.4 Å². The fourth-order valence-corrected chi connectivity index (χ4v) is 5.02. The highest BCUT2D eigenvalue weighted by Crippen LogP contribution is 2.28. The first-order valence-corrected chi connectivity index (χ1v) is 13.2. The molecule has 2 saturated heterocycles. The molecular weight excluding hydrogens is 482 g/mol. The minimum absolute atomic E-state index is 0.144. The van der Waals surface area contributed by atoms with E-state index < -0.39 is 5.91 Å². The van der Waals surface area contributed by atoms with Crippen LogP contribution in [0.15, 0.2) is 42.7 Å². The Morgan fingerprint density at radius 2 is 1.47 bits per heavy atom. The second-order valence-electron chi connectivity index (χ2n) is 9.80. The number of imidazole rings is 1. The Bertz CT molecular complexity index is 1410. The third kappa shape index (κ3) is 5.17. The van der Waals surface area contributed by atoms with Gasteiger partial charge in [-0.25, -0.2) is 4.98 Å². The van der Waals surface area contributed by atoms with E-state index in [-0.39, 0.29) is 11.3 Å². The number of phenolic OH excluding ortho intramolecular Hbond substituents is 1. The van der Waals surface area contributed by atoms with Crippen LogP contribution in [0.5, 0.6) is 5.75 Å². The van der Waals surface area contributed by atoms with Crippen LogP contribution < -0.4 is 20.4 Å². The number of aromatic nitrogens is 5. The highest BCUT2D eigenvalue weighted by molar-refractivity contribution is 6.07.